The molecule has 3 aromatic carbocycles. The Labute approximate surface area is 184 Å². The lowest BCUT2D eigenvalue weighted by Crippen LogP contribution is -2.33. The lowest BCUT2D eigenvalue weighted by atomic mass is 10.1. The summed E-state index contributed by atoms with van der Waals surface area (Å²) in [6.07, 6.45) is 0. The van der Waals surface area contributed by atoms with E-state index >= 15 is 0 Å². The number of ether oxygens (including phenoxy) is 1. The zero-order chi connectivity index (χ0) is 19.9. The van der Waals surface area contributed by atoms with Crippen LogP contribution in [-0.4, -0.2) is 17.1 Å². The van der Waals surface area contributed by atoms with E-state index in [9.17, 15) is 0 Å². The van der Waals surface area contributed by atoms with Crippen LogP contribution >= 0.6 is 39.7 Å². The third kappa shape index (κ3) is 5.96. The summed E-state index contributed by atoms with van der Waals surface area (Å²) in [7, 11) is 1.67. The molecule has 3 nitrogen and oxygen atoms in total. The highest BCUT2D eigenvalue weighted by molar-refractivity contribution is 9.10. The van der Waals surface area contributed by atoms with Gasteiger partial charge in [0.2, 0.25) is 0 Å². The monoisotopic (exact) mass is 474 g/mol. The normalized spacial score (nSPS) is 10.4. The number of benzene rings is 3. The van der Waals surface area contributed by atoms with E-state index in [1.54, 1.807) is 7.11 Å². The van der Waals surface area contributed by atoms with Crippen LogP contribution in [0.5, 0.6) is 5.75 Å². The Morgan fingerprint density at radius 1 is 1.00 bits per heavy atom. The number of anilines is 1. The van der Waals surface area contributed by atoms with Crippen molar-refractivity contribution in [3.63, 3.8) is 0 Å². The van der Waals surface area contributed by atoms with Crippen LogP contribution in [0.2, 0.25) is 5.02 Å². The van der Waals surface area contributed by atoms with Crippen molar-refractivity contribution in [3.8, 4) is 5.75 Å². The highest BCUT2D eigenvalue weighted by Crippen LogP contribution is 2.19. The number of rotatable bonds is 6. The fraction of sp³-hybridized carbons (Fsp3) is 0.136. The van der Waals surface area contributed by atoms with Crippen LogP contribution < -0.4 is 10.1 Å². The predicted octanol–water partition coefficient (Wildman–Crippen LogP) is 6.51. The minimum Gasteiger partial charge on any atom is -0.497 e. The fourth-order valence-electron chi connectivity index (χ4n) is 2.74. The molecule has 3 aromatic rings. The summed E-state index contributed by atoms with van der Waals surface area (Å²) in [6, 6.07) is 23.8. The Morgan fingerprint density at radius 3 is 2.32 bits per heavy atom. The Morgan fingerprint density at radius 2 is 1.68 bits per heavy atom. The van der Waals surface area contributed by atoms with Gasteiger partial charge in [0.25, 0.3) is 0 Å². The van der Waals surface area contributed by atoms with E-state index in [-0.39, 0.29) is 0 Å². The highest BCUT2D eigenvalue weighted by Gasteiger charge is 2.12. The molecule has 0 unspecified atom stereocenters. The molecule has 0 fully saturated rings. The van der Waals surface area contributed by atoms with Crippen LogP contribution in [0.3, 0.4) is 0 Å². The number of hydrogen-bond donors (Lipinski definition) is 1. The highest BCUT2D eigenvalue weighted by atomic mass is 79.9. The van der Waals surface area contributed by atoms with Gasteiger partial charge in [0.15, 0.2) is 5.11 Å². The molecule has 0 saturated carbocycles. The Balaban J connectivity index is 1.79. The first-order valence-corrected chi connectivity index (χ1v) is 10.3. The smallest absolute Gasteiger partial charge is 0.174 e. The van der Waals surface area contributed by atoms with Crippen molar-refractivity contribution in [2.24, 2.45) is 0 Å². The first kappa shape index (κ1) is 20.6. The number of thiocarbonyl (C=S) groups is 1. The van der Waals surface area contributed by atoms with Crippen molar-refractivity contribution in [2.45, 2.75) is 13.1 Å². The second-order valence-electron chi connectivity index (χ2n) is 6.27. The summed E-state index contributed by atoms with van der Waals surface area (Å²) in [5, 5.41) is 4.66. The molecule has 0 spiro atoms. The summed E-state index contributed by atoms with van der Waals surface area (Å²) < 4.78 is 6.30. The van der Waals surface area contributed by atoms with Gasteiger partial charge < -0.3 is 15.0 Å². The topological polar surface area (TPSA) is 24.5 Å². The van der Waals surface area contributed by atoms with Crippen LogP contribution in [0.15, 0.2) is 77.3 Å². The third-order valence-corrected chi connectivity index (χ3v) is 5.28. The van der Waals surface area contributed by atoms with Gasteiger partial charge in [-0.25, -0.2) is 0 Å². The van der Waals surface area contributed by atoms with Gasteiger partial charge in [-0.05, 0) is 71.9 Å². The van der Waals surface area contributed by atoms with Crippen LogP contribution in [-0.2, 0) is 13.1 Å². The van der Waals surface area contributed by atoms with E-state index in [0.717, 1.165) is 21.5 Å². The molecule has 6 heteroatoms. The molecule has 0 aliphatic heterocycles. The molecular weight excluding hydrogens is 456 g/mol. The van der Waals surface area contributed by atoms with Crippen molar-refractivity contribution >= 4 is 50.5 Å². The van der Waals surface area contributed by atoms with Crippen LogP contribution in [0, 0.1) is 0 Å². The largest absolute Gasteiger partial charge is 0.497 e. The lowest BCUT2D eigenvalue weighted by Gasteiger charge is -2.26. The molecule has 0 aromatic heterocycles. The summed E-state index contributed by atoms with van der Waals surface area (Å²) >= 11 is 15.2. The van der Waals surface area contributed by atoms with Gasteiger partial charge in [-0.1, -0.05) is 51.8 Å². The van der Waals surface area contributed by atoms with Gasteiger partial charge in [-0.15, -0.1) is 0 Å². The van der Waals surface area contributed by atoms with Crippen LogP contribution in [0.25, 0.3) is 0 Å². The number of nitrogens with one attached hydrogen (secondary N) is 1. The van der Waals surface area contributed by atoms with E-state index in [4.69, 9.17) is 28.6 Å². The van der Waals surface area contributed by atoms with Crippen molar-refractivity contribution in [3.05, 3.63) is 93.4 Å². The third-order valence-electron chi connectivity index (χ3n) is 4.18. The zero-order valence-corrected chi connectivity index (χ0v) is 18.5. The minimum atomic E-state index is 0.651. The summed E-state index contributed by atoms with van der Waals surface area (Å²) in [5.74, 6) is 0.837. The number of halogens is 2. The SMILES string of the molecule is COc1ccc(CN(Cc2cccc(Br)c2)C(=S)Nc2ccc(Cl)cc2)cc1. The maximum absolute atomic E-state index is 5.98. The number of hydrogen-bond acceptors (Lipinski definition) is 2. The standard InChI is InChI=1S/C22H20BrClN2OS/c1-27-21-11-5-16(6-12-21)14-26(15-17-3-2-4-18(23)13-17)22(28)25-20-9-7-19(24)8-10-20/h2-13H,14-15H2,1H3,(H,25,28). The van der Waals surface area contributed by atoms with Gasteiger partial charge in [0, 0.05) is 28.3 Å². The fourth-order valence-corrected chi connectivity index (χ4v) is 3.56. The van der Waals surface area contributed by atoms with Gasteiger partial charge >= 0.3 is 0 Å². The molecular formula is C22H20BrClN2OS. The molecule has 0 aliphatic carbocycles. The van der Waals surface area contributed by atoms with E-state index in [2.05, 4.69) is 50.4 Å². The molecule has 0 atom stereocenters. The van der Waals surface area contributed by atoms with Crippen molar-refractivity contribution in [2.75, 3.05) is 12.4 Å². The molecule has 28 heavy (non-hydrogen) atoms. The molecule has 144 valence electrons. The Bertz CT molecular complexity index is 932. The van der Waals surface area contributed by atoms with Crippen molar-refractivity contribution in [1.29, 1.82) is 0 Å². The zero-order valence-electron chi connectivity index (χ0n) is 15.4. The van der Waals surface area contributed by atoms with Gasteiger partial charge in [0.1, 0.15) is 5.75 Å². The van der Waals surface area contributed by atoms with Gasteiger partial charge in [0.05, 0.1) is 7.11 Å². The predicted molar refractivity (Wildman–Crippen MR) is 124 cm³/mol. The quantitative estimate of drug-likeness (QED) is 0.411. The van der Waals surface area contributed by atoms with Gasteiger partial charge in [-0.3, -0.25) is 0 Å². The molecule has 0 saturated heterocycles. The summed E-state index contributed by atoms with van der Waals surface area (Å²) in [6.45, 7) is 1.36. The molecule has 0 aliphatic rings. The van der Waals surface area contributed by atoms with E-state index in [1.807, 2.05) is 48.5 Å². The first-order valence-electron chi connectivity index (χ1n) is 8.72. The summed E-state index contributed by atoms with van der Waals surface area (Å²) in [4.78, 5) is 2.13. The minimum absolute atomic E-state index is 0.651. The van der Waals surface area contributed by atoms with E-state index in [1.165, 1.54) is 5.56 Å². The lowest BCUT2D eigenvalue weighted by molar-refractivity contribution is 0.407. The van der Waals surface area contributed by atoms with E-state index < -0.39 is 0 Å². The summed E-state index contributed by atoms with van der Waals surface area (Å²) in [5.41, 5.74) is 3.22. The molecule has 0 radical (unpaired) electrons. The number of nitrogens with zero attached hydrogens (tertiary/aromatic N) is 1. The van der Waals surface area contributed by atoms with Gasteiger partial charge in [-0.2, -0.15) is 0 Å². The second kappa shape index (κ2) is 9.92. The van der Waals surface area contributed by atoms with E-state index in [0.29, 0.717) is 23.2 Å². The Kier molecular flexibility index (Phi) is 7.31. The Hall–Kier alpha value is -2.08. The molecule has 0 heterocycles. The maximum Gasteiger partial charge on any atom is 0.174 e. The van der Waals surface area contributed by atoms with Crippen molar-refractivity contribution < 1.29 is 4.74 Å². The maximum atomic E-state index is 5.98. The number of methoxy groups -OCH3 is 1. The molecule has 0 amide bonds. The molecule has 1 N–H and O–H groups in total. The average Bonchev–Trinajstić information content (AvgIpc) is 2.70. The molecule has 3 rings (SSSR count). The second-order valence-corrected chi connectivity index (χ2v) is 8.01. The molecule has 0 bridgehead atoms. The van der Waals surface area contributed by atoms with Crippen LogP contribution in [0.4, 0.5) is 5.69 Å². The first-order chi connectivity index (χ1) is 13.5. The van der Waals surface area contributed by atoms with Crippen LogP contribution in [0.1, 0.15) is 11.1 Å². The van der Waals surface area contributed by atoms with Crippen molar-refractivity contribution in [1.82, 2.24) is 4.90 Å². The average molecular weight is 476 g/mol.